The molecule has 2 nitrogen and oxygen atoms in total. The minimum absolute atomic E-state index is 0.0405. The third-order valence-corrected chi connectivity index (χ3v) is 1.86. The highest BCUT2D eigenvalue weighted by Crippen LogP contribution is 2.04. The Labute approximate surface area is 84.9 Å². The van der Waals surface area contributed by atoms with Crippen molar-refractivity contribution in [3.05, 3.63) is 47.7 Å². The van der Waals surface area contributed by atoms with Gasteiger partial charge in [-0.05, 0) is 6.92 Å². The van der Waals surface area contributed by atoms with Gasteiger partial charge in [0, 0.05) is 31.9 Å². The van der Waals surface area contributed by atoms with E-state index in [0.717, 1.165) is 11.1 Å². The smallest absolute Gasteiger partial charge is 0.187 e. The fourth-order valence-corrected chi connectivity index (χ4v) is 1.03. The Balaban J connectivity index is 2.75. The number of hydrogen-bond acceptors (Lipinski definition) is 2. The van der Waals surface area contributed by atoms with Gasteiger partial charge in [0.15, 0.2) is 5.78 Å². The molecule has 0 heterocycles. The molecule has 0 aliphatic heterocycles. The second kappa shape index (κ2) is 4.61. The lowest BCUT2D eigenvalue weighted by Gasteiger charge is -2.02. The molecule has 0 aromatic heterocycles. The first-order valence-corrected chi connectivity index (χ1v) is 4.55. The summed E-state index contributed by atoms with van der Waals surface area (Å²) in [5.41, 5.74) is 1.90. The topological polar surface area (TPSA) is 20.3 Å². The second-order valence-electron chi connectivity index (χ2n) is 3.51. The number of aryl methyl sites for hydroxylation is 1. The van der Waals surface area contributed by atoms with Crippen LogP contribution in [-0.4, -0.2) is 24.8 Å². The number of nitrogens with zero attached hydrogens (tertiary/aromatic N) is 1. The van der Waals surface area contributed by atoms with E-state index in [1.54, 1.807) is 12.3 Å². The standard InChI is InChI=1S/C12H15NO/c1-10-4-6-11(7-5-10)12(14)8-9-13(2)3/h4-9H,1-3H3/b9-8+. The number of allylic oxidation sites excluding steroid dienone is 1. The van der Waals surface area contributed by atoms with E-state index in [1.165, 1.54) is 0 Å². The highest BCUT2D eigenvalue weighted by Gasteiger charge is 1.99. The summed E-state index contributed by atoms with van der Waals surface area (Å²) in [6, 6.07) is 7.57. The van der Waals surface area contributed by atoms with Gasteiger partial charge in [0.1, 0.15) is 0 Å². The molecule has 0 aliphatic carbocycles. The molecule has 1 aromatic rings. The van der Waals surface area contributed by atoms with Crippen LogP contribution in [0.5, 0.6) is 0 Å². The molecular formula is C12H15NO. The Morgan fingerprint density at radius 3 is 2.29 bits per heavy atom. The summed E-state index contributed by atoms with van der Waals surface area (Å²) in [4.78, 5) is 13.4. The summed E-state index contributed by atoms with van der Waals surface area (Å²) >= 11 is 0. The fraction of sp³-hybridized carbons (Fsp3) is 0.250. The van der Waals surface area contributed by atoms with Gasteiger partial charge >= 0.3 is 0 Å². The molecular weight excluding hydrogens is 174 g/mol. The average molecular weight is 189 g/mol. The van der Waals surface area contributed by atoms with Gasteiger partial charge in [-0.2, -0.15) is 0 Å². The van der Waals surface area contributed by atoms with Gasteiger partial charge in [0.25, 0.3) is 0 Å². The van der Waals surface area contributed by atoms with Crippen molar-refractivity contribution >= 4 is 5.78 Å². The Kier molecular flexibility index (Phi) is 3.46. The largest absolute Gasteiger partial charge is 0.383 e. The highest BCUT2D eigenvalue weighted by atomic mass is 16.1. The number of hydrogen-bond donors (Lipinski definition) is 0. The van der Waals surface area contributed by atoms with E-state index in [0.29, 0.717) is 0 Å². The molecule has 0 saturated carbocycles. The predicted octanol–water partition coefficient (Wildman–Crippen LogP) is 2.25. The summed E-state index contributed by atoms with van der Waals surface area (Å²) in [7, 11) is 3.78. The van der Waals surface area contributed by atoms with Crippen molar-refractivity contribution in [2.75, 3.05) is 14.1 Å². The van der Waals surface area contributed by atoms with Crippen LogP contribution in [0.25, 0.3) is 0 Å². The van der Waals surface area contributed by atoms with Crippen LogP contribution in [-0.2, 0) is 0 Å². The average Bonchev–Trinajstić information content (AvgIpc) is 2.15. The molecule has 0 atom stereocenters. The lowest BCUT2D eigenvalue weighted by atomic mass is 10.1. The minimum atomic E-state index is 0.0405. The summed E-state index contributed by atoms with van der Waals surface area (Å²) < 4.78 is 0. The molecule has 74 valence electrons. The maximum Gasteiger partial charge on any atom is 0.187 e. The molecule has 1 aromatic carbocycles. The van der Waals surface area contributed by atoms with Gasteiger partial charge in [-0.3, -0.25) is 4.79 Å². The highest BCUT2D eigenvalue weighted by molar-refractivity contribution is 6.04. The van der Waals surface area contributed by atoms with Gasteiger partial charge < -0.3 is 4.90 Å². The maximum atomic E-state index is 11.5. The summed E-state index contributed by atoms with van der Waals surface area (Å²) in [6.45, 7) is 2.00. The fourth-order valence-electron chi connectivity index (χ4n) is 1.03. The zero-order chi connectivity index (χ0) is 10.6. The van der Waals surface area contributed by atoms with Crippen LogP contribution < -0.4 is 0 Å². The lowest BCUT2D eigenvalue weighted by Crippen LogP contribution is -2.03. The van der Waals surface area contributed by atoms with Crippen LogP contribution in [0.2, 0.25) is 0 Å². The van der Waals surface area contributed by atoms with Crippen molar-refractivity contribution in [2.24, 2.45) is 0 Å². The van der Waals surface area contributed by atoms with E-state index >= 15 is 0 Å². The molecule has 0 saturated heterocycles. The zero-order valence-corrected chi connectivity index (χ0v) is 8.82. The zero-order valence-electron chi connectivity index (χ0n) is 8.82. The maximum absolute atomic E-state index is 11.5. The van der Waals surface area contributed by atoms with Crippen molar-refractivity contribution in [3.63, 3.8) is 0 Å². The van der Waals surface area contributed by atoms with E-state index in [4.69, 9.17) is 0 Å². The van der Waals surface area contributed by atoms with Gasteiger partial charge in [0.05, 0.1) is 0 Å². The molecule has 0 aliphatic rings. The lowest BCUT2D eigenvalue weighted by molar-refractivity contribution is 0.104. The molecule has 0 radical (unpaired) electrons. The summed E-state index contributed by atoms with van der Waals surface area (Å²) in [5, 5.41) is 0. The number of benzene rings is 1. The third kappa shape index (κ3) is 3.05. The van der Waals surface area contributed by atoms with Crippen molar-refractivity contribution < 1.29 is 4.79 Å². The Morgan fingerprint density at radius 2 is 1.79 bits per heavy atom. The van der Waals surface area contributed by atoms with Gasteiger partial charge in [-0.25, -0.2) is 0 Å². The number of carbonyl (C=O) groups is 1. The molecule has 0 N–H and O–H groups in total. The number of ketones is 1. The molecule has 14 heavy (non-hydrogen) atoms. The SMILES string of the molecule is Cc1ccc(C(=O)/C=C/N(C)C)cc1. The van der Waals surface area contributed by atoms with Gasteiger partial charge in [0.2, 0.25) is 0 Å². The number of rotatable bonds is 3. The van der Waals surface area contributed by atoms with Crippen molar-refractivity contribution in [1.82, 2.24) is 4.90 Å². The van der Waals surface area contributed by atoms with Crippen LogP contribution in [0.3, 0.4) is 0 Å². The van der Waals surface area contributed by atoms with Crippen LogP contribution in [0.15, 0.2) is 36.5 Å². The first-order valence-electron chi connectivity index (χ1n) is 4.55. The first-order chi connectivity index (χ1) is 6.59. The predicted molar refractivity (Wildman–Crippen MR) is 58.3 cm³/mol. The molecule has 2 heteroatoms. The monoisotopic (exact) mass is 189 g/mol. The van der Waals surface area contributed by atoms with Gasteiger partial charge in [-0.15, -0.1) is 0 Å². The second-order valence-corrected chi connectivity index (χ2v) is 3.51. The van der Waals surface area contributed by atoms with Crippen molar-refractivity contribution in [3.8, 4) is 0 Å². The molecule has 0 amide bonds. The summed E-state index contributed by atoms with van der Waals surface area (Å²) in [6.07, 6.45) is 3.33. The Hall–Kier alpha value is -1.57. The molecule has 0 spiro atoms. The third-order valence-electron chi connectivity index (χ3n) is 1.86. The van der Waals surface area contributed by atoms with E-state index in [-0.39, 0.29) is 5.78 Å². The Bertz CT molecular complexity index is 336. The summed E-state index contributed by atoms with van der Waals surface area (Å²) in [5.74, 6) is 0.0405. The normalized spacial score (nSPS) is 10.5. The molecule has 0 fully saturated rings. The van der Waals surface area contributed by atoms with E-state index in [9.17, 15) is 4.79 Å². The first kappa shape index (κ1) is 10.5. The number of carbonyl (C=O) groups excluding carboxylic acids is 1. The van der Waals surface area contributed by atoms with Crippen LogP contribution in [0.1, 0.15) is 15.9 Å². The van der Waals surface area contributed by atoms with E-state index in [1.807, 2.05) is 50.2 Å². The van der Waals surface area contributed by atoms with Crippen LogP contribution >= 0.6 is 0 Å². The minimum Gasteiger partial charge on any atom is -0.383 e. The van der Waals surface area contributed by atoms with Crippen LogP contribution in [0, 0.1) is 6.92 Å². The van der Waals surface area contributed by atoms with Crippen molar-refractivity contribution in [1.29, 1.82) is 0 Å². The molecule has 0 unspecified atom stereocenters. The molecule has 1 rings (SSSR count). The Morgan fingerprint density at radius 1 is 1.21 bits per heavy atom. The van der Waals surface area contributed by atoms with Crippen LogP contribution in [0.4, 0.5) is 0 Å². The van der Waals surface area contributed by atoms with E-state index in [2.05, 4.69) is 0 Å². The van der Waals surface area contributed by atoms with Gasteiger partial charge in [-0.1, -0.05) is 29.8 Å². The molecule has 0 bridgehead atoms. The van der Waals surface area contributed by atoms with E-state index < -0.39 is 0 Å². The van der Waals surface area contributed by atoms with Crippen molar-refractivity contribution in [2.45, 2.75) is 6.92 Å². The quantitative estimate of drug-likeness (QED) is 0.537.